The smallest absolute Gasteiger partial charge is 0.319 e. The van der Waals surface area contributed by atoms with Gasteiger partial charge in [-0.25, -0.2) is 4.79 Å². The molecule has 5 heteroatoms. The molecule has 0 aliphatic carbocycles. The second-order valence-corrected chi connectivity index (χ2v) is 5.74. The molecule has 1 saturated heterocycles. The molecule has 1 atom stereocenters. The van der Waals surface area contributed by atoms with Crippen LogP contribution >= 0.6 is 0 Å². The first kappa shape index (κ1) is 15.4. The number of rotatable bonds is 2. The molecule has 114 valence electrons. The van der Waals surface area contributed by atoms with E-state index < -0.39 is 0 Å². The zero-order chi connectivity index (χ0) is 15.4. The summed E-state index contributed by atoms with van der Waals surface area (Å²) in [5, 5.41) is 5.81. The van der Waals surface area contributed by atoms with Crippen molar-refractivity contribution < 1.29 is 9.59 Å². The van der Waals surface area contributed by atoms with Crippen LogP contribution in [0.4, 0.5) is 10.5 Å². The van der Waals surface area contributed by atoms with Crippen LogP contribution in [0.25, 0.3) is 0 Å². The fourth-order valence-corrected chi connectivity index (χ4v) is 2.42. The van der Waals surface area contributed by atoms with Gasteiger partial charge in [-0.2, -0.15) is 0 Å². The second kappa shape index (κ2) is 6.61. The van der Waals surface area contributed by atoms with Gasteiger partial charge in [0.15, 0.2) is 0 Å². The molecule has 0 saturated carbocycles. The predicted octanol–water partition coefficient (Wildman–Crippen LogP) is 2.44. The number of anilines is 1. The number of nitrogens with one attached hydrogen (secondary N) is 2. The van der Waals surface area contributed by atoms with E-state index in [1.54, 1.807) is 11.9 Å². The third kappa shape index (κ3) is 4.21. The SMILES string of the molecule is Cc1ccc(NC(=O)NC2CCC(=O)N(C)CC2)cc1C. The van der Waals surface area contributed by atoms with E-state index in [-0.39, 0.29) is 18.0 Å². The standard InChI is InChI=1S/C16H23N3O2/c1-11-4-5-14(10-12(11)2)18-16(21)17-13-6-7-15(20)19(3)9-8-13/h4-5,10,13H,6-9H2,1-3H3,(H2,17,18,21). The molecule has 21 heavy (non-hydrogen) atoms. The molecule has 0 bridgehead atoms. The molecule has 3 amide bonds. The van der Waals surface area contributed by atoms with Crippen molar-refractivity contribution in [2.75, 3.05) is 18.9 Å². The van der Waals surface area contributed by atoms with Crippen molar-refractivity contribution in [2.24, 2.45) is 0 Å². The zero-order valence-corrected chi connectivity index (χ0v) is 12.9. The Labute approximate surface area is 125 Å². The van der Waals surface area contributed by atoms with Gasteiger partial charge in [-0.1, -0.05) is 6.07 Å². The lowest BCUT2D eigenvalue weighted by atomic mass is 10.1. The number of amides is 3. The first-order valence-electron chi connectivity index (χ1n) is 7.34. The lowest BCUT2D eigenvalue weighted by Gasteiger charge is -2.17. The first-order chi connectivity index (χ1) is 9.95. The molecule has 0 spiro atoms. The Morgan fingerprint density at radius 2 is 2.00 bits per heavy atom. The fraction of sp³-hybridized carbons (Fsp3) is 0.500. The van der Waals surface area contributed by atoms with E-state index in [1.165, 1.54) is 5.56 Å². The summed E-state index contributed by atoms with van der Waals surface area (Å²) in [5.74, 6) is 0.147. The average Bonchev–Trinajstić information content (AvgIpc) is 2.58. The van der Waals surface area contributed by atoms with Crippen molar-refractivity contribution in [1.29, 1.82) is 0 Å². The minimum Gasteiger partial charge on any atom is -0.346 e. The van der Waals surface area contributed by atoms with Crippen molar-refractivity contribution in [2.45, 2.75) is 39.2 Å². The van der Waals surface area contributed by atoms with Gasteiger partial charge in [-0.05, 0) is 49.9 Å². The highest BCUT2D eigenvalue weighted by molar-refractivity contribution is 5.89. The number of benzene rings is 1. The summed E-state index contributed by atoms with van der Waals surface area (Å²) >= 11 is 0. The van der Waals surface area contributed by atoms with Crippen LogP contribution in [0.2, 0.25) is 0 Å². The molecular weight excluding hydrogens is 266 g/mol. The first-order valence-corrected chi connectivity index (χ1v) is 7.34. The highest BCUT2D eigenvalue weighted by atomic mass is 16.2. The number of aryl methyl sites for hydroxylation is 2. The highest BCUT2D eigenvalue weighted by Gasteiger charge is 2.21. The maximum Gasteiger partial charge on any atom is 0.319 e. The number of likely N-dealkylation sites (tertiary alicyclic amines) is 1. The van der Waals surface area contributed by atoms with E-state index in [0.717, 1.165) is 17.7 Å². The summed E-state index contributed by atoms with van der Waals surface area (Å²) < 4.78 is 0. The lowest BCUT2D eigenvalue weighted by Crippen LogP contribution is -2.38. The van der Waals surface area contributed by atoms with Crippen LogP contribution in [-0.2, 0) is 4.79 Å². The second-order valence-electron chi connectivity index (χ2n) is 5.74. The molecule has 0 aromatic heterocycles. The predicted molar refractivity (Wildman–Crippen MR) is 83.3 cm³/mol. The lowest BCUT2D eigenvalue weighted by molar-refractivity contribution is -0.129. The molecule has 1 aliphatic heterocycles. The van der Waals surface area contributed by atoms with E-state index in [1.807, 2.05) is 32.0 Å². The Morgan fingerprint density at radius 1 is 1.24 bits per heavy atom. The van der Waals surface area contributed by atoms with Gasteiger partial charge in [0.2, 0.25) is 5.91 Å². The summed E-state index contributed by atoms with van der Waals surface area (Å²) in [4.78, 5) is 25.4. The molecule has 2 N–H and O–H groups in total. The number of hydrogen-bond acceptors (Lipinski definition) is 2. The van der Waals surface area contributed by atoms with Gasteiger partial charge in [0.05, 0.1) is 0 Å². The van der Waals surface area contributed by atoms with Gasteiger partial charge in [-0.15, -0.1) is 0 Å². The molecule has 0 radical (unpaired) electrons. The number of urea groups is 1. The van der Waals surface area contributed by atoms with Crippen molar-refractivity contribution >= 4 is 17.6 Å². The summed E-state index contributed by atoms with van der Waals surface area (Å²) in [6.07, 6.45) is 1.98. The number of hydrogen-bond donors (Lipinski definition) is 2. The van der Waals surface area contributed by atoms with Crippen LogP contribution in [0, 0.1) is 13.8 Å². The van der Waals surface area contributed by atoms with E-state index in [0.29, 0.717) is 19.4 Å². The molecular formula is C16H23N3O2. The van der Waals surface area contributed by atoms with Gasteiger partial charge in [0.1, 0.15) is 0 Å². The maximum atomic E-state index is 12.0. The molecule has 1 aliphatic rings. The molecule has 1 unspecified atom stereocenters. The maximum absolute atomic E-state index is 12.0. The molecule has 5 nitrogen and oxygen atoms in total. The van der Waals surface area contributed by atoms with Gasteiger partial charge in [-0.3, -0.25) is 4.79 Å². The van der Waals surface area contributed by atoms with Crippen molar-refractivity contribution in [3.8, 4) is 0 Å². The third-order valence-electron chi connectivity index (χ3n) is 4.05. The monoisotopic (exact) mass is 289 g/mol. The molecule has 1 fully saturated rings. The van der Waals surface area contributed by atoms with Crippen molar-refractivity contribution in [3.63, 3.8) is 0 Å². The molecule has 1 heterocycles. The number of nitrogens with zero attached hydrogens (tertiary/aromatic N) is 1. The quantitative estimate of drug-likeness (QED) is 0.878. The van der Waals surface area contributed by atoms with Crippen LogP contribution in [0.1, 0.15) is 30.4 Å². The Balaban J connectivity index is 1.89. The Morgan fingerprint density at radius 3 is 2.71 bits per heavy atom. The molecule has 2 rings (SSSR count). The van der Waals surface area contributed by atoms with E-state index in [2.05, 4.69) is 10.6 Å². The summed E-state index contributed by atoms with van der Waals surface area (Å²) in [7, 11) is 1.81. The number of carbonyl (C=O) groups excluding carboxylic acids is 2. The summed E-state index contributed by atoms with van der Waals surface area (Å²) in [6, 6.07) is 5.68. The topological polar surface area (TPSA) is 61.4 Å². The fourth-order valence-electron chi connectivity index (χ4n) is 2.42. The zero-order valence-electron chi connectivity index (χ0n) is 12.9. The van der Waals surface area contributed by atoms with E-state index in [9.17, 15) is 9.59 Å². The normalized spacial score (nSPS) is 19.1. The minimum absolute atomic E-state index is 0.0467. The van der Waals surface area contributed by atoms with Crippen LogP contribution in [-0.4, -0.2) is 36.5 Å². The van der Waals surface area contributed by atoms with Crippen LogP contribution < -0.4 is 10.6 Å². The molecule has 1 aromatic rings. The largest absolute Gasteiger partial charge is 0.346 e. The Hall–Kier alpha value is -2.04. The van der Waals surface area contributed by atoms with E-state index >= 15 is 0 Å². The Bertz CT molecular complexity index is 542. The van der Waals surface area contributed by atoms with Gasteiger partial charge in [0, 0.05) is 31.7 Å². The highest BCUT2D eigenvalue weighted by Crippen LogP contribution is 2.15. The van der Waals surface area contributed by atoms with Gasteiger partial charge >= 0.3 is 6.03 Å². The number of carbonyl (C=O) groups is 2. The Kier molecular flexibility index (Phi) is 4.83. The van der Waals surface area contributed by atoms with Crippen LogP contribution in [0.5, 0.6) is 0 Å². The minimum atomic E-state index is -0.208. The molecule has 1 aromatic carbocycles. The summed E-state index contributed by atoms with van der Waals surface area (Å²) in [6.45, 7) is 4.75. The van der Waals surface area contributed by atoms with Gasteiger partial charge < -0.3 is 15.5 Å². The van der Waals surface area contributed by atoms with Crippen LogP contribution in [0.15, 0.2) is 18.2 Å². The summed E-state index contributed by atoms with van der Waals surface area (Å²) in [5.41, 5.74) is 3.14. The van der Waals surface area contributed by atoms with Crippen molar-refractivity contribution in [3.05, 3.63) is 29.3 Å². The van der Waals surface area contributed by atoms with Crippen molar-refractivity contribution in [1.82, 2.24) is 10.2 Å². The van der Waals surface area contributed by atoms with E-state index in [4.69, 9.17) is 0 Å². The van der Waals surface area contributed by atoms with Gasteiger partial charge in [0.25, 0.3) is 0 Å². The average molecular weight is 289 g/mol. The van der Waals surface area contributed by atoms with Crippen LogP contribution in [0.3, 0.4) is 0 Å². The third-order valence-corrected chi connectivity index (χ3v) is 4.05.